The third kappa shape index (κ3) is 3.47. The number of anilines is 1. The van der Waals surface area contributed by atoms with Crippen molar-refractivity contribution < 1.29 is 4.39 Å². The number of hydrogen-bond acceptors (Lipinski definition) is 2. The highest BCUT2D eigenvalue weighted by Crippen LogP contribution is 2.29. The molecule has 4 rings (SSSR count). The number of aromatic nitrogens is 2. The Bertz CT molecular complexity index is 1150. The van der Waals surface area contributed by atoms with E-state index in [2.05, 4.69) is 10.3 Å². The molecule has 0 saturated heterocycles. The Morgan fingerprint density at radius 2 is 1.64 bits per heavy atom. The summed E-state index contributed by atoms with van der Waals surface area (Å²) in [6.45, 7) is 2.26. The lowest BCUT2D eigenvalue weighted by atomic mass is 10.1. The summed E-state index contributed by atoms with van der Waals surface area (Å²) < 4.78 is 15.7. The van der Waals surface area contributed by atoms with Crippen LogP contribution in [0.2, 0.25) is 0 Å². The zero-order valence-electron chi connectivity index (χ0n) is 15.4. The number of imidazole rings is 1. The lowest BCUT2D eigenvalue weighted by Crippen LogP contribution is -2.16. The van der Waals surface area contributed by atoms with Crippen molar-refractivity contribution in [2.24, 2.45) is 0 Å². The molecule has 0 unspecified atom stereocenters. The second-order valence-electron chi connectivity index (χ2n) is 6.63. The van der Waals surface area contributed by atoms with Crippen molar-refractivity contribution in [3.63, 3.8) is 0 Å². The van der Waals surface area contributed by atoms with E-state index in [9.17, 15) is 9.18 Å². The minimum absolute atomic E-state index is 0.322. The van der Waals surface area contributed by atoms with Crippen LogP contribution in [0.1, 0.15) is 11.1 Å². The van der Waals surface area contributed by atoms with Crippen molar-refractivity contribution in [1.29, 1.82) is 0 Å². The first kappa shape index (κ1) is 17.8. The molecule has 4 aromatic rings. The molecule has 0 bridgehead atoms. The normalized spacial score (nSPS) is 10.8. The molecule has 1 heterocycles. The van der Waals surface area contributed by atoms with E-state index in [1.807, 2.05) is 60.7 Å². The van der Waals surface area contributed by atoms with Crippen molar-refractivity contribution in [3.05, 3.63) is 106 Å². The van der Waals surface area contributed by atoms with Crippen LogP contribution in [0.4, 0.5) is 10.2 Å². The molecule has 0 aliphatic carbocycles. The Labute approximate surface area is 162 Å². The molecule has 4 nitrogen and oxygen atoms in total. The Morgan fingerprint density at radius 3 is 2.32 bits per heavy atom. The smallest absolute Gasteiger partial charge is 0.332 e. The van der Waals surface area contributed by atoms with Crippen molar-refractivity contribution in [3.8, 4) is 16.9 Å². The van der Waals surface area contributed by atoms with Crippen LogP contribution >= 0.6 is 0 Å². The molecular weight excluding hydrogens is 353 g/mol. The molecule has 140 valence electrons. The zero-order valence-corrected chi connectivity index (χ0v) is 15.4. The van der Waals surface area contributed by atoms with E-state index >= 15 is 0 Å². The van der Waals surface area contributed by atoms with E-state index in [1.54, 1.807) is 19.1 Å². The van der Waals surface area contributed by atoms with Crippen molar-refractivity contribution >= 4 is 5.82 Å². The number of benzene rings is 3. The van der Waals surface area contributed by atoms with Gasteiger partial charge in [-0.15, -0.1) is 0 Å². The fourth-order valence-electron chi connectivity index (χ4n) is 3.19. The van der Waals surface area contributed by atoms with Crippen LogP contribution in [0.3, 0.4) is 0 Å². The number of aromatic amines is 1. The SMILES string of the molecule is Cc1ccc(-n2c(-c3ccccc3)c(NCc3ccccc3)[nH]c2=O)cc1F. The molecule has 0 atom stereocenters. The maximum Gasteiger partial charge on any atom is 0.332 e. The van der Waals surface area contributed by atoms with Crippen LogP contribution in [0.5, 0.6) is 0 Å². The van der Waals surface area contributed by atoms with Crippen molar-refractivity contribution in [2.45, 2.75) is 13.5 Å². The number of nitrogens with zero attached hydrogens (tertiary/aromatic N) is 1. The summed E-state index contributed by atoms with van der Waals surface area (Å²) in [5.41, 5.74) is 3.32. The highest BCUT2D eigenvalue weighted by atomic mass is 19.1. The van der Waals surface area contributed by atoms with E-state index in [0.717, 1.165) is 11.1 Å². The lowest BCUT2D eigenvalue weighted by Gasteiger charge is -2.12. The molecule has 0 spiro atoms. The second kappa shape index (κ2) is 7.56. The molecular formula is C23H20FN3O. The fraction of sp³-hybridized carbons (Fsp3) is 0.0870. The van der Waals surface area contributed by atoms with Gasteiger partial charge in [-0.3, -0.25) is 9.55 Å². The summed E-state index contributed by atoms with van der Waals surface area (Å²) in [6.07, 6.45) is 0. The van der Waals surface area contributed by atoms with E-state index in [1.165, 1.54) is 10.6 Å². The average molecular weight is 373 g/mol. The highest BCUT2D eigenvalue weighted by molar-refractivity contribution is 5.74. The molecule has 0 aliphatic rings. The van der Waals surface area contributed by atoms with Crippen LogP contribution in [0.25, 0.3) is 16.9 Å². The van der Waals surface area contributed by atoms with Gasteiger partial charge in [0.15, 0.2) is 0 Å². The molecule has 0 aliphatic heterocycles. The summed E-state index contributed by atoms with van der Waals surface area (Å²) in [5.74, 6) is 0.254. The second-order valence-corrected chi connectivity index (χ2v) is 6.63. The Morgan fingerprint density at radius 1 is 0.964 bits per heavy atom. The zero-order chi connectivity index (χ0) is 19.5. The van der Waals surface area contributed by atoms with Crippen LogP contribution in [0.15, 0.2) is 83.7 Å². The summed E-state index contributed by atoms with van der Waals surface area (Å²) in [4.78, 5) is 15.7. The van der Waals surface area contributed by atoms with Gasteiger partial charge in [0.2, 0.25) is 0 Å². The minimum atomic E-state index is -0.344. The lowest BCUT2D eigenvalue weighted by molar-refractivity contribution is 0.617. The molecule has 0 amide bonds. The Kier molecular flexibility index (Phi) is 4.81. The number of hydrogen-bond donors (Lipinski definition) is 2. The fourth-order valence-corrected chi connectivity index (χ4v) is 3.19. The number of aryl methyl sites for hydroxylation is 1. The molecule has 2 N–H and O–H groups in total. The monoisotopic (exact) mass is 373 g/mol. The molecule has 5 heteroatoms. The van der Waals surface area contributed by atoms with Gasteiger partial charge in [-0.1, -0.05) is 66.7 Å². The van der Waals surface area contributed by atoms with Crippen molar-refractivity contribution in [1.82, 2.24) is 9.55 Å². The summed E-state index contributed by atoms with van der Waals surface area (Å²) in [6, 6.07) is 24.3. The van der Waals surface area contributed by atoms with Gasteiger partial charge < -0.3 is 5.32 Å². The molecule has 0 saturated carbocycles. The van der Waals surface area contributed by atoms with E-state index < -0.39 is 0 Å². The van der Waals surface area contributed by atoms with E-state index in [4.69, 9.17) is 0 Å². The summed E-state index contributed by atoms with van der Waals surface area (Å²) in [7, 11) is 0. The van der Waals surface area contributed by atoms with Crippen LogP contribution < -0.4 is 11.0 Å². The van der Waals surface area contributed by atoms with Gasteiger partial charge in [0.25, 0.3) is 0 Å². The van der Waals surface area contributed by atoms with Gasteiger partial charge >= 0.3 is 5.69 Å². The number of rotatable bonds is 5. The predicted octanol–water partition coefficient (Wildman–Crippen LogP) is 4.89. The first-order valence-corrected chi connectivity index (χ1v) is 9.08. The number of halogens is 1. The quantitative estimate of drug-likeness (QED) is 0.523. The van der Waals surface area contributed by atoms with Crippen LogP contribution in [-0.2, 0) is 6.54 Å². The predicted molar refractivity (Wildman–Crippen MR) is 110 cm³/mol. The molecule has 1 aromatic heterocycles. The number of nitrogens with one attached hydrogen (secondary N) is 2. The van der Waals surface area contributed by atoms with Crippen LogP contribution in [-0.4, -0.2) is 9.55 Å². The minimum Gasteiger partial charge on any atom is -0.366 e. The molecule has 28 heavy (non-hydrogen) atoms. The Balaban J connectivity index is 1.83. The van der Waals surface area contributed by atoms with Gasteiger partial charge in [-0.25, -0.2) is 9.18 Å². The standard InChI is InChI=1S/C23H20FN3O/c1-16-12-13-19(14-20(16)24)27-21(18-10-6-3-7-11-18)22(26-23(27)28)25-15-17-8-4-2-5-9-17/h2-14,25H,15H2,1H3,(H,26,28). The van der Waals surface area contributed by atoms with Gasteiger partial charge in [-0.2, -0.15) is 0 Å². The third-order valence-electron chi connectivity index (χ3n) is 4.67. The molecule has 3 aromatic carbocycles. The summed E-state index contributed by atoms with van der Waals surface area (Å²) in [5, 5.41) is 3.31. The number of H-pyrrole nitrogens is 1. The topological polar surface area (TPSA) is 49.8 Å². The largest absolute Gasteiger partial charge is 0.366 e. The van der Waals surface area contributed by atoms with Gasteiger partial charge in [-0.05, 0) is 30.2 Å². The third-order valence-corrected chi connectivity index (χ3v) is 4.67. The molecule has 0 fully saturated rings. The first-order valence-electron chi connectivity index (χ1n) is 9.08. The van der Waals surface area contributed by atoms with Gasteiger partial charge in [0, 0.05) is 12.1 Å². The van der Waals surface area contributed by atoms with Crippen molar-refractivity contribution in [2.75, 3.05) is 5.32 Å². The Hall–Kier alpha value is -3.60. The maximum absolute atomic E-state index is 14.2. The van der Waals surface area contributed by atoms with Crippen LogP contribution in [0, 0.1) is 12.7 Å². The van der Waals surface area contributed by atoms with Gasteiger partial charge in [0.1, 0.15) is 11.6 Å². The van der Waals surface area contributed by atoms with E-state index in [0.29, 0.717) is 29.3 Å². The summed E-state index contributed by atoms with van der Waals surface area (Å²) >= 11 is 0. The van der Waals surface area contributed by atoms with Gasteiger partial charge in [0.05, 0.1) is 11.4 Å². The molecule has 0 radical (unpaired) electrons. The average Bonchev–Trinajstić information content (AvgIpc) is 3.06. The highest BCUT2D eigenvalue weighted by Gasteiger charge is 2.18. The van der Waals surface area contributed by atoms with E-state index in [-0.39, 0.29) is 11.5 Å². The first-order chi connectivity index (χ1) is 13.6. The maximum atomic E-state index is 14.2.